The predicted molar refractivity (Wildman–Crippen MR) is 97.7 cm³/mol. The molecule has 3 aliphatic rings. The summed E-state index contributed by atoms with van der Waals surface area (Å²) in [5.74, 6) is 0.212. The monoisotopic (exact) mass is 361 g/mol. The van der Waals surface area contributed by atoms with E-state index in [0.29, 0.717) is 13.0 Å². The van der Waals surface area contributed by atoms with Crippen LogP contribution in [0.2, 0.25) is 5.02 Å². The summed E-state index contributed by atoms with van der Waals surface area (Å²) in [5.41, 5.74) is 0.811. The normalized spacial score (nSPS) is 27.7. The number of benzene rings is 1. The molecule has 1 aliphatic carbocycles. The summed E-state index contributed by atoms with van der Waals surface area (Å²) in [4.78, 5) is 26.7. The summed E-state index contributed by atoms with van der Waals surface area (Å²) >= 11 is 6.28. The van der Waals surface area contributed by atoms with Crippen molar-refractivity contribution >= 4 is 29.1 Å². The maximum absolute atomic E-state index is 12.8. The Morgan fingerprint density at radius 1 is 1.28 bits per heavy atom. The van der Waals surface area contributed by atoms with E-state index < -0.39 is 0 Å². The first-order chi connectivity index (χ1) is 12.1. The molecule has 4 rings (SSSR count). The summed E-state index contributed by atoms with van der Waals surface area (Å²) in [6.45, 7) is 1.54. The number of piperidine rings is 1. The summed E-state index contributed by atoms with van der Waals surface area (Å²) in [7, 11) is 0. The Bertz CT molecular complexity index is 689. The smallest absolute Gasteiger partial charge is 0.225 e. The third kappa shape index (κ3) is 3.10. The number of hydrogen-bond donors (Lipinski definition) is 2. The number of carbonyl (C=O) groups is 2. The van der Waals surface area contributed by atoms with Crippen molar-refractivity contribution in [1.82, 2.24) is 10.6 Å². The Hall–Kier alpha value is -1.75. The largest absolute Gasteiger partial charge is 0.370 e. The fraction of sp³-hybridized carbons (Fsp3) is 0.579. The predicted octanol–water partition coefficient (Wildman–Crippen LogP) is 2.48. The van der Waals surface area contributed by atoms with Gasteiger partial charge in [0.1, 0.15) is 0 Å². The van der Waals surface area contributed by atoms with Gasteiger partial charge in [-0.15, -0.1) is 0 Å². The summed E-state index contributed by atoms with van der Waals surface area (Å²) in [5, 5.41) is 7.11. The minimum absolute atomic E-state index is 0.0222. The zero-order valence-electron chi connectivity index (χ0n) is 14.3. The van der Waals surface area contributed by atoms with Crippen LogP contribution in [0.1, 0.15) is 38.5 Å². The summed E-state index contributed by atoms with van der Waals surface area (Å²) in [6, 6.07) is 7.85. The second kappa shape index (κ2) is 6.52. The molecule has 0 radical (unpaired) electrons. The average molecular weight is 362 g/mol. The molecule has 2 saturated heterocycles. The van der Waals surface area contributed by atoms with E-state index in [0.717, 1.165) is 49.4 Å². The van der Waals surface area contributed by atoms with Crippen LogP contribution in [0.4, 0.5) is 5.69 Å². The van der Waals surface area contributed by atoms with E-state index in [1.165, 1.54) is 0 Å². The lowest BCUT2D eigenvalue weighted by atomic mass is 9.68. The molecule has 2 atom stereocenters. The summed E-state index contributed by atoms with van der Waals surface area (Å²) in [6.07, 6.45) is 5.15. The Labute approximate surface area is 153 Å². The second-order valence-electron chi connectivity index (χ2n) is 7.54. The van der Waals surface area contributed by atoms with E-state index in [-0.39, 0.29) is 29.3 Å². The lowest BCUT2D eigenvalue weighted by Gasteiger charge is -2.51. The van der Waals surface area contributed by atoms with Crippen LogP contribution < -0.4 is 15.5 Å². The first kappa shape index (κ1) is 16.7. The van der Waals surface area contributed by atoms with Crippen LogP contribution >= 0.6 is 11.6 Å². The topological polar surface area (TPSA) is 61.4 Å². The number of halogens is 1. The Kier molecular flexibility index (Phi) is 4.36. The van der Waals surface area contributed by atoms with Gasteiger partial charge in [0.05, 0.1) is 28.2 Å². The number of hydrogen-bond acceptors (Lipinski definition) is 3. The SMILES string of the molecule is O=C1CCC(NC(=O)C2CCN(c3ccccc3Cl)C2)C2(CCC2)N1. The minimum atomic E-state index is -0.188. The standard InChI is InChI=1S/C19H24ClN3O2/c20-14-4-1-2-5-15(14)23-11-8-13(12-23)18(25)21-16-6-7-17(24)22-19(16)9-3-10-19/h1-2,4-5,13,16H,3,6-12H2,(H,21,25)(H,22,24). The van der Waals surface area contributed by atoms with E-state index in [2.05, 4.69) is 15.5 Å². The molecule has 25 heavy (non-hydrogen) atoms. The number of rotatable bonds is 3. The Morgan fingerprint density at radius 3 is 2.80 bits per heavy atom. The highest BCUT2D eigenvalue weighted by atomic mass is 35.5. The molecule has 1 aromatic rings. The third-order valence-electron chi connectivity index (χ3n) is 6.03. The van der Waals surface area contributed by atoms with Crippen LogP contribution in [0.3, 0.4) is 0 Å². The first-order valence-electron chi connectivity index (χ1n) is 9.18. The van der Waals surface area contributed by atoms with Crippen molar-refractivity contribution in [3.63, 3.8) is 0 Å². The van der Waals surface area contributed by atoms with Crippen molar-refractivity contribution < 1.29 is 9.59 Å². The highest BCUT2D eigenvalue weighted by Gasteiger charge is 2.48. The van der Waals surface area contributed by atoms with Crippen LogP contribution in [-0.4, -0.2) is 36.5 Å². The van der Waals surface area contributed by atoms with Crippen LogP contribution in [0.15, 0.2) is 24.3 Å². The van der Waals surface area contributed by atoms with Crippen molar-refractivity contribution in [2.24, 2.45) is 5.92 Å². The van der Waals surface area contributed by atoms with Gasteiger partial charge < -0.3 is 15.5 Å². The quantitative estimate of drug-likeness (QED) is 0.869. The molecule has 1 aromatic carbocycles. The lowest BCUT2D eigenvalue weighted by molar-refractivity contribution is -0.132. The van der Waals surface area contributed by atoms with E-state index in [9.17, 15) is 9.59 Å². The zero-order valence-corrected chi connectivity index (χ0v) is 15.0. The number of nitrogens with one attached hydrogen (secondary N) is 2. The van der Waals surface area contributed by atoms with Crippen LogP contribution in [0, 0.1) is 5.92 Å². The van der Waals surface area contributed by atoms with Crippen molar-refractivity contribution in [3.8, 4) is 0 Å². The molecule has 2 heterocycles. The van der Waals surface area contributed by atoms with Crippen molar-refractivity contribution in [1.29, 1.82) is 0 Å². The van der Waals surface area contributed by atoms with E-state index in [1.54, 1.807) is 0 Å². The molecule has 6 heteroatoms. The van der Waals surface area contributed by atoms with Gasteiger partial charge in [0, 0.05) is 19.5 Å². The molecular weight excluding hydrogens is 338 g/mol. The fourth-order valence-corrected chi connectivity index (χ4v) is 4.67. The highest BCUT2D eigenvalue weighted by Crippen LogP contribution is 2.39. The Morgan fingerprint density at radius 2 is 2.08 bits per heavy atom. The summed E-state index contributed by atoms with van der Waals surface area (Å²) < 4.78 is 0. The third-order valence-corrected chi connectivity index (χ3v) is 6.35. The van der Waals surface area contributed by atoms with E-state index in [1.807, 2.05) is 24.3 Å². The van der Waals surface area contributed by atoms with Crippen LogP contribution in [0.5, 0.6) is 0 Å². The molecule has 0 aromatic heterocycles. The minimum Gasteiger partial charge on any atom is -0.370 e. The van der Waals surface area contributed by atoms with Gasteiger partial charge in [-0.2, -0.15) is 0 Å². The molecule has 2 N–H and O–H groups in total. The first-order valence-corrected chi connectivity index (χ1v) is 9.56. The molecule has 1 saturated carbocycles. The maximum Gasteiger partial charge on any atom is 0.225 e. The Balaban J connectivity index is 1.39. The van der Waals surface area contributed by atoms with Gasteiger partial charge in [0.2, 0.25) is 11.8 Å². The number of amides is 2. The van der Waals surface area contributed by atoms with Gasteiger partial charge >= 0.3 is 0 Å². The lowest BCUT2D eigenvalue weighted by Crippen LogP contribution is -2.68. The number of anilines is 1. The number of nitrogens with zero attached hydrogens (tertiary/aromatic N) is 1. The highest BCUT2D eigenvalue weighted by molar-refractivity contribution is 6.33. The van der Waals surface area contributed by atoms with Gasteiger partial charge in [-0.25, -0.2) is 0 Å². The van der Waals surface area contributed by atoms with E-state index >= 15 is 0 Å². The van der Waals surface area contributed by atoms with Crippen molar-refractivity contribution in [3.05, 3.63) is 29.3 Å². The number of para-hydroxylation sites is 1. The number of carbonyl (C=O) groups excluding carboxylic acids is 2. The van der Waals surface area contributed by atoms with Gasteiger partial charge in [0.25, 0.3) is 0 Å². The van der Waals surface area contributed by atoms with Crippen molar-refractivity contribution in [2.45, 2.75) is 50.1 Å². The zero-order chi connectivity index (χ0) is 17.4. The molecule has 0 bridgehead atoms. The van der Waals surface area contributed by atoms with Gasteiger partial charge in [-0.1, -0.05) is 23.7 Å². The van der Waals surface area contributed by atoms with Crippen LogP contribution in [-0.2, 0) is 9.59 Å². The molecule has 5 nitrogen and oxygen atoms in total. The van der Waals surface area contributed by atoms with Gasteiger partial charge in [0.15, 0.2) is 0 Å². The van der Waals surface area contributed by atoms with Gasteiger partial charge in [-0.3, -0.25) is 9.59 Å². The molecular formula is C19H24ClN3O2. The van der Waals surface area contributed by atoms with E-state index in [4.69, 9.17) is 11.6 Å². The fourth-order valence-electron chi connectivity index (χ4n) is 4.41. The van der Waals surface area contributed by atoms with Crippen molar-refractivity contribution in [2.75, 3.05) is 18.0 Å². The second-order valence-corrected chi connectivity index (χ2v) is 7.95. The molecule has 3 fully saturated rings. The average Bonchev–Trinajstić information content (AvgIpc) is 3.05. The molecule has 2 unspecified atom stereocenters. The van der Waals surface area contributed by atoms with Crippen LogP contribution in [0.25, 0.3) is 0 Å². The molecule has 134 valence electrons. The van der Waals surface area contributed by atoms with Gasteiger partial charge in [-0.05, 0) is 44.2 Å². The molecule has 2 amide bonds. The maximum atomic E-state index is 12.8. The molecule has 1 spiro atoms. The molecule has 2 aliphatic heterocycles.